The largest absolute Gasteiger partial charge is 0.339 e. The predicted molar refractivity (Wildman–Crippen MR) is 96.6 cm³/mol. The molecule has 0 radical (unpaired) electrons. The Labute approximate surface area is 157 Å². The Morgan fingerprint density at radius 3 is 2.30 bits per heavy atom. The van der Waals surface area contributed by atoms with Crippen LogP contribution in [0.3, 0.4) is 0 Å². The Kier molecular flexibility index (Phi) is 5.86. The average molecular weight is 394 g/mol. The molecule has 0 aromatic heterocycles. The van der Waals surface area contributed by atoms with Gasteiger partial charge in [0.1, 0.15) is 11.6 Å². The maximum atomic E-state index is 13.8. The molecule has 8 heteroatoms. The van der Waals surface area contributed by atoms with Gasteiger partial charge in [0, 0.05) is 19.6 Å². The number of hydrogen-bond donors (Lipinski definition) is 1. The highest BCUT2D eigenvalue weighted by Gasteiger charge is 2.26. The van der Waals surface area contributed by atoms with Crippen LogP contribution in [0.25, 0.3) is 0 Å². The van der Waals surface area contributed by atoms with E-state index in [2.05, 4.69) is 4.72 Å². The summed E-state index contributed by atoms with van der Waals surface area (Å²) in [5.74, 6) is -1.32. The highest BCUT2D eigenvalue weighted by Crippen LogP contribution is 2.20. The number of nitrogens with zero attached hydrogens (tertiary/aromatic N) is 1. The molecule has 0 unspecified atom stereocenters. The van der Waals surface area contributed by atoms with E-state index in [-0.39, 0.29) is 28.8 Å². The van der Waals surface area contributed by atoms with Crippen molar-refractivity contribution in [1.29, 1.82) is 0 Å². The second-order valence-electron chi connectivity index (χ2n) is 6.52. The molecule has 144 valence electrons. The molecule has 27 heavy (non-hydrogen) atoms. The Morgan fingerprint density at radius 2 is 1.67 bits per heavy atom. The summed E-state index contributed by atoms with van der Waals surface area (Å²) in [7, 11) is -3.70. The highest BCUT2D eigenvalue weighted by molar-refractivity contribution is 7.89. The van der Waals surface area contributed by atoms with E-state index in [0.29, 0.717) is 25.9 Å². The Bertz CT molecular complexity index is 909. The lowest BCUT2D eigenvalue weighted by Crippen LogP contribution is -2.41. The number of benzene rings is 2. The summed E-state index contributed by atoms with van der Waals surface area (Å²) in [5, 5.41) is 0. The molecule has 1 aliphatic rings. The van der Waals surface area contributed by atoms with Gasteiger partial charge in [0.2, 0.25) is 10.0 Å². The van der Waals surface area contributed by atoms with Crippen molar-refractivity contribution in [2.75, 3.05) is 19.6 Å². The number of piperidine rings is 1. The van der Waals surface area contributed by atoms with Crippen molar-refractivity contribution in [3.8, 4) is 0 Å². The predicted octanol–water partition coefficient (Wildman–Crippen LogP) is 2.80. The monoisotopic (exact) mass is 394 g/mol. The molecule has 0 bridgehead atoms. The van der Waals surface area contributed by atoms with Crippen LogP contribution < -0.4 is 4.72 Å². The van der Waals surface area contributed by atoms with Crippen LogP contribution in [0.2, 0.25) is 0 Å². The number of amides is 1. The SMILES string of the molecule is O=C(c1ccccc1F)N1CCC(CNS(=O)(=O)c2ccc(F)cc2)CC1. The van der Waals surface area contributed by atoms with E-state index in [9.17, 15) is 22.0 Å². The van der Waals surface area contributed by atoms with Crippen molar-refractivity contribution >= 4 is 15.9 Å². The fraction of sp³-hybridized carbons (Fsp3) is 0.316. The minimum atomic E-state index is -3.70. The summed E-state index contributed by atoms with van der Waals surface area (Å²) in [6, 6.07) is 10.5. The first kappa shape index (κ1) is 19.4. The van der Waals surface area contributed by atoms with Crippen LogP contribution in [-0.2, 0) is 10.0 Å². The van der Waals surface area contributed by atoms with Gasteiger partial charge in [-0.15, -0.1) is 0 Å². The third-order valence-electron chi connectivity index (χ3n) is 4.69. The topological polar surface area (TPSA) is 66.5 Å². The molecule has 2 aromatic carbocycles. The number of halogens is 2. The van der Waals surface area contributed by atoms with Gasteiger partial charge in [-0.25, -0.2) is 21.9 Å². The number of carbonyl (C=O) groups excluding carboxylic acids is 1. The normalized spacial score (nSPS) is 15.7. The number of rotatable bonds is 5. The number of likely N-dealkylation sites (tertiary alicyclic amines) is 1. The first-order chi connectivity index (χ1) is 12.9. The van der Waals surface area contributed by atoms with E-state index >= 15 is 0 Å². The lowest BCUT2D eigenvalue weighted by molar-refractivity contribution is 0.0687. The number of nitrogens with one attached hydrogen (secondary N) is 1. The van der Waals surface area contributed by atoms with Crippen LogP contribution in [0.5, 0.6) is 0 Å². The summed E-state index contributed by atoms with van der Waals surface area (Å²) in [5.41, 5.74) is 0.0490. The molecule has 1 amide bonds. The minimum Gasteiger partial charge on any atom is -0.339 e. The second-order valence-corrected chi connectivity index (χ2v) is 8.29. The third-order valence-corrected chi connectivity index (χ3v) is 6.13. The van der Waals surface area contributed by atoms with Crippen LogP contribution in [0.1, 0.15) is 23.2 Å². The lowest BCUT2D eigenvalue weighted by atomic mass is 9.96. The van der Waals surface area contributed by atoms with Crippen molar-refractivity contribution < 1.29 is 22.0 Å². The summed E-state index contributed by atoms with van der Waals surface area (Å²) >= 11 is 0. The Morgan fingerprint density at radius 1 is 1.04 bits per heavy atom. The van der Waals surface area contributed by atoms with Crippen LogP contribution in [0, 0.1) is 17.6 Å². The molecule has 1 saturated heterocycles. The maximum absolute atomic E-state index is 13.8. The van der Waals surface area contributed by atoms with Gasteiger partial charge in [-0.1, -0.05) is 12.1 Å². The van der Waals surface area contributed by atoms with Crippen molar-refractivity contribution in [2.45, 2.75) is 17.7 Å². The lowest BCUT2D eigenvalue weighted by Gasteiger charge is -2.32. The highest BCUT2D eigenvalue weighted by atomic mass is 32.2. The van der Waals surface area contributed by atoms with E-state index in [4.69, 9.17) is 0 Å². The van der Waals surface area contributed by atoms with Crippen molar-refractivity contribution in [1.82, 2.24) is 9.62 Å². The summed E-state index contributed by atoms with van der Waals surface area (Å²) in [6.07, 6.45) is 1.23. The molecular formula is C19H20F2N2O3S. The first-order valence-corrected chi connectivity index (χ1v) is 10.1. The zero-order chi connectivity index (χ0) is 19.4. The molecule has 5 nitrogen and oxygen atoms in total. The van der Waals surface area contributed by atoms with Crippen molar-refractivity contribution in [2.24, 2.45) is 5.92 Å². The fourth-order valence-electron chi connectivity index (χ4n) is 3.07. The van der Waals surface area contributed by atoms with E-state index in [1.807, 2.05) is 0 Å². The average Bonchev–Trinajstić information content (AvgIpc) is 2.67. The standard InChI is InChI=1S/C19H20F2N2O3S/c20-15-5-7-16(8-6-15)27(25,26)22-13-14-9-11-23(12-10-14)19(24)17-3-1-2-4-18(17)21/h1-8,14,22H,9-13H2. The molecule has 1 heterocycles. The molecule has 0 spiro atoms. The third kappa shape index (κ3) is 4.70. The molecule has 1 fully saturated rings. The number of carbonyl (C=O) groups is 1. The Hall–Kier alpha value is -2.32. The Balaban J connectivity index is 1.53. The van der Waals surface area contributed by atoms with Crippen molar-refractivity contribution in [3.05, 3.63) is 65.7 Å². The quantitative estimate of drug-likeness (QED) is 0.848. The van der Waals surface area contributed by atoms with Crippen LogP contribution in [-0.4, -0.2) is 38.9 Å². The molecule has 1 N–H and O–H groups in total. The zero-order valence-corrected chi connectivity index (χ0v) is 15.4. The van der Waals surface area contributed by atoms with Gasteiger partial charge in [0.05, 0.1) is 10.5 Å². The van der Waals surface area contributed by atoms with Crippen molar-refractivity contribution in [3.63, 3.8) is 0 Å². The number of sulfonamides is 1. The van der Waals surface area contributed by atoms with Crippen LogP contribution in [0.15, 0.2) is 53.4 Å². The van der Waals surface area contributed by atoms with Gasteiger partial charge >= 0.3 is 0 Å². The van der Waals surface area contributed by atoms with Crippen LogP contribution in [0.4, 0.5) is 8.78 Å². The summed E-state index contributed by atoms with van der Waals surface area (Å²) < 4.78 is 53.7. The zero-order valence-electron chi connectivity index (χ0n) is 14.6. The molecule has 1 aliphatic heterocycles. The van der Waals surface area contributed by atoms with E-state index in [1.165, 1.54) is 30.3 Å². The maximum Gasteiger partial charge on any atom is 0.256 e. The van der Waals surface area contributed by atoms with E-state index < -0.39 is 21.7 Å². The number of hydrogen-bond acceptors (Lipinski definition) is 3. The first-order valence-electron chi connectivity index (χ1n) is 8.66. The fourth-order valence-corrected chi connectivity index (χ4v) is 4.19. The van der Waals surface area contributed by atoms with Gasteiger partial charge in [-0.2, -0.15) is 0 Å². The van der Waals surface area contributed by atoms with E-state index in [1.54, 1.807) is 11.0 Å². The van der Waals surface area contributed by atoms with E-state index in [0.717, 1.165) is 12.1 Å². The molecule has 3 rings (SSSR count). The molecule has 2 aromatic rings. The molecule has 0 saturated carbocycles. The summed E-state index contributed by atoms with van der Waals surface area (Å²) in [4.78, 5) is 14.0. The van der Waals surface area contributed by atoms with Gasteiger partial charge in [0.25, 0.3) is 5.91 Å². The van der Waals surface area contributed by atoms with Gasteiger partial charge in [0.15, 0.2) is 0 Å². The summed E-state index contributed by atoms with van der Waals surface area (Å²) in [6.45, 7) is 1.12. The molecule has 0 aliphatic carbocycles. The van der Waals surface area contributed by atoms with Gasteiger partial charge in [-0.3, -0.25) is 4.79 Å². The molecule has 0 atom stereocenters. The molecular weight excluding hydrogens is 374 g/mol. The van der Waals surface area contributed by atoms with Gasteiger partial charge < -0.3 is 4.90 Å². The second kappa shape index (κ2) is 8.14. The minimum absolute atomic E-state index is 0.0102. The smallest absolute Gasteiger partial charge is 0.256 e. The van der Waals surface area contributed by atoms with Gasteiger partial charge in [-0.05, 0) is 55.2 Å². The van der Waals surface area contributed by atoms with Crippen LogP contribution >= 0.6 is 0 Å².